The van der Waals surface area contributed by atoms with Gasteiger partial charge in [-0.3, -0.25) is 4.79 Å². The first-order chi connectivity index (χ1) is 4.29. The molecule has 0 aromatic carbocycles. The molecule has 0 unspecified atom stereocenters. The zero-order chi connectivity index (χ0) is 6.69. The highest BCUT2D eigenvalue weighted by Crippen LogP contribution is 2.35. The Morgan fingerprint density at radius 3 is 2.56 bits per heavy atom. The largest absolute Gasteiger partial charge is 0.481 e. The van der Waals surface area contributed by atoms with Crippen LogP contribution >= 0.6 is 21.6 Å². The molecule has 0 radical (unpaired) electrons. The van der Waals surface area contributed by atoms with Gasteiger partial charge in [-0.25, -0.2) is 0 Å². The van der Waals surface area contributed by atoms with Crippen molar-refractivity contribution in [2.45, 2.75) is 6.42 Å². The molecular formula is C5H8O2S2. The van der Waals surface area contributed by atoms with E-state index in [9.17, 15) is 4.79 Å². The molecule has 0 aromatic heterocycles. The summed E-state index contributed by atoms with van der Waals surface area (Å²) in [5.41, 5.74) is 0. The van der Waals surface area contributed by atoms with Gasteiger partial charge in [0, 0.05) is 17.9 Å². The number of hydrogen-bond donors (Lipinski definition) is 1. The summed E-state index contributed by atoms with van der Waals surface area (Å²) in [4.78, 5) is 10.1. The van der Waals surface area contributed by atoms with Crippen molar-refractivity contribution in [2.75, 3.05) is 11.5 Å². The van der Waals surface area contributed by atoms with Gasteiger partial charge in [-0.05, 0) is 5.92 Å². The van der Waals surface area contributed by atoms with Crippen molar-refractivity contribution < 1.29 is 9.90 Å². The molecule has 1 heterocycles. The highest BCUT2D eigenvalue weighted by molar-refractivity contribution is 8.77. The van der Waals surface area contributed by atoms with Crippen LogP contribution in [0.2, 0.25) is 0 Å². The van der Waals surface area contributed by atoms with E-state index in [4.69, 9.17) is 5.11 Å². The summed E-state index contributed by atoms with van der Waals surface area (Å²) >= 11 is 0. The summed E-state index contributed by atoms with van der Waals surface area (Å²) in [5, 5.41) is 8.36. The van der Waals surface area contributed by atoms with Crippen molar-refractivity contribution in [3.8, 4) is 0 Å². The lowest BCUT2D eigenvalue weighted by molar-refractivity contribution is -0.137. The van der Waals surface area contributed by atoms with Crippen LogP contribution in [-0.2, 0) is 4.79 Å². The second kappa shape index (κ2) is 3.37. The zero-order valence-corrected chi connectivity index (χ0v) is 6.50. The molecule has 52 valence electrons. The van der Waals surface area contributed by atoms with E-state index in [0.29, 0.717) is 12.3 Å². The summed E-state index contributed by atoms with van der Waals surface area (Å²) in [5.74, 6) is 1.77. The van der Waals surface area contributed by atoms with E-state index in [1.807, 2.05) is 0 Å². The van der Waals surface area contributed by atoms with Crippen LogP contribution in [0.15, 0.2) is 0 Å². The van der Waals surface area contributed by atoms with Crippen LogP contribution in [0.25, 0.3) is 0 Å². The van der Waals surface area contributed by atoms with Crippen LogP contribution in [0.5, 0.6) is 0 Å². The van der Waals surface area contributed by atoms with Gasteiger partial charge in [-0.1, -0.05) is 21.6 Å². The molecule has 1 rings (SSSR count). The molecule has 0 atom stereocenters. The highest BCUT2D eigenvalue weighted by atomic mass is 33.1. The number of carbonyl (C=O) groups is 1. The number of carboxylic acid groups (broad SMARTS) is 1. The lowest BCUT2D eigenvalue weighted by Gasteiger charge is -1.99. The summed E-state index contributed by atoms with van der Waals surface area (Å²) < 4.78 is 0. The Balaban J connectivity index is 2.19. The molecule has 1 saturated heterocycles. The normalized spacial score (nSPS) is 20.4. The van der Waals surface area contributed by atoms with Crippen LogP contribution in [0.3, 0.4) is 0 Å². The van der Waals surface area contributed by atoms with Crippen LogP contribution in [0.4, 0.5) is 0 Å². The summed E-state index contributed by atoms with van der Waals surface area (Å²) in [6, 6.07) is 0. The third-order valence-corrected chi connectivity index (χ3v) is 3.85. The number of hydrogen-bond acceptors (Lipinski definition) is 3. The minimum Gasteiger partial charge on any atom is -0.481 e. The summed E-state index contributed by atoms with van der Waals surface area (Å²) in [6.07, 6.45) is 0.347. The van der Waals surface area contributed by atoms with E-state index < -0.39 is 5.97 Å². The second-order valence-corrected chi connectivity index (χ2v) is 4.59. The van der Waals surface area contributed by atoms with Crippen molar-refractivity contribution in [3.63, 3.8) is 0 Å². The van der Waals surface area contributed by atoms with Crippen LogP contribution in [0.1, 0.15) is 6.42 Å². The fourth-order valence-corrected chi connectivity index (χ4v) is 3.63. The number of rotatable bonds is 2. The van der Waals surface area contributed by atoms with Gasteiger partial charge in [0.2, 0.25) is 0 Å². The second-order valence-electron chi connectivity index (χ2n) is 2.03. The van der Waals surface area contributed by atoms with E-state index in [2.05, 4.69) is 0 Å². The Hall–Kier alpha value is 0.170. The Morgan fingerprint density at radius 1 is 1.56 bits per heavy atom. The number of aliphatic carboxylic acids is 1. The maximum Gasteiger partial charge on any atom is 0.303 e. The molecule has 1 aliphatic heterocycles. The van der Waals surface area contributed by atoms with Crippen LogP contribution in [0, 0.1) is 5.92 Å². The molecular weight excluding hydrogens is 156 g/mol. The van der Waals surface area contributed by atoms with Gasteiger partial charge in [0.1, 0.15) is 0 Å². The molecule has 0 saturated carbocycles. The first-order valence-corrected chi connectivity index (χ1v) is 5.24. The molecule has 1 aliphatic rings. The maximum absolute atomic E-state index is 10.1. The average Bonchev–Trinajstić information content (AvgIpc) is 2.15. The SMILES string of the molecule is O=C(O)CC1CSSC1. The Labute approximate surface area is 61.8 Å². The van der Waals surface area contributed by atoms with Crippen molar-refractivity contribution in [2.24, 2.45) is 5.92 Å². The Morgan fingerprint density at radius 2 is 2.11 bits per heavy atom. The van der Waals surface area contributed by atoms with Crippen molar-refractivity contribution >= 4 is 27.6 Å². The molecule has 0 bridgehead atoms. The third kappa shape index (κ3) is 2.49. The molecule has 0 aliphatic carbocycles. The topological polar surface area (TPSA) is 37.3 Å². The maximum atomic E-state index is 10.1. The monoisotopic (exact) mass is 164 g/mol. The molecule has 0 spiro atoms. The first-order valence-electron chi connectivity index (χ1n) is 2.75. The average molecular weight is 164 g/mol. The standard InChI is InChI=1S/C5H8O2S2/c6-5(7)1-4-2-8-9-3-4/h4H,1-3H2,(H,6,7). The Kier molecular flexibility index (Phi) is 2.72. The van der Waals surface area contributed by atoms with Crippen molar-refractivity contribution in [1.82, 2.24) is 0 Å². The van der Waals surface area contributed by atoms with Crippen LogP contribution in [-0.4, -0.2) is 22.6 Å². The van der Waals surface area contributed by atoms with Gasteiger partial charge in [0.15, 0.2) is 0 Å². The summed E-state index contributed by atoms with van der Waals surface area (Å²) in [6.45, 7) is 0. The highest BCUT2D eigenvalue weighted by Gasteiger charge is 2.18. The molecule has 0 amide bonds. The van der Waals surface area contributed by atoms with Gasteiger partial charge in [-0.15, -0.1) is 0 Å². The van der Waals surface area contributed by atoms with E-state index in [-0.39, 0.29) is 0 Å². The third-order valence-electron chi connectivity index (χ3n) is 1.15. The molecule has 2 nitrogen and oxygen atoms in total. The van der Waals surface area contributed by atoms with Crippen molar-refractivity contribution in [3.05, 3.63) is 0 Å². The van der Waals surface area contributed by atoms with E-state index in [1.54, 1.807) is 21.6 Å². The molecule has 1 N–H and O–H groups in total. The number of carboxylic acids is 1. The van der Waals surface area contributed by atoms with E-state index in [1.165, 1.54) is 0 Å². The van der Waals surface area contributed by atoms with E-state index >= 15 is 0 Å². The molecule has 1 fully saturated rings. The lowest BCUT2D eigenvalue weighted by Crippen LogP contribution is -2.08. The van der Waals surface area contributed by atoms with Crippen LogP contribution < -0.4 is 0 Å². The summed E-state index contributed by atoms with van der Waals surface area (Å²) in [7, 11) is 3.56. The Bertz CT molecular complexity index is 110. The lowest BCUT2D eigenvalue weighted by atomic mass is 10.1. The molecule has 4 heteroatoms. The minimum absolute atomic E-state index is 0.347. The quantitative estimate of drug-likeness (QED) is 0.627. The van der Waals surface area contributed by atoms with Gasteiger partial charge in [0.05, 0.1) is 0 Å². The minimum atomic E-state index is -0.664. The smallest absolute Gasteiger partial charge is 0.303 e. The predicted molar refractivity (Wildman–Crippen MR) is 40.7 cm³/mol. The first kappa shape index (κ1) is 7.28. The van der Waals surface area contributed by atoms with Gasteiger partial charge in [-0.2, -0.15) is 0 Å². The predicted octanol–water partition coefficient (Wildman–Crippen LogP) is 1.47. The molecule has 0 aromatic rings. The molecule has 9 heavy (non-hydrogen) atoms. The zero-order valence-electron chi connectivity index (χ0n) is 4.87. The van der Waals surface area contributed by atoms with Gasteiger partial charge in [0.25, 0.3) is 0 Å². The van der Waals surface area contributed by atoms with Crippen molar-refractivity contribution in [1.29, 1.82) is 0 Å². The fourth-order valence-electron chi connectivity index (χ4n) is 0.702. The van der Waals surface area contributed by atoms with Gasteiger partial charge >= 0.3 is 5.97 Å². The van der Waals surface area contributed by atoms with Gasteiger partial charge < -0.3 is 5.11 Å². The van der Waals surface area contributed by atoms with E-state index in [0.717, 1.165) is 11.5 Å². The fraction of sp³-hybridized carbons (Fsp3) is 0.800.